The minimum Gasteiger partial charge on any atom is -0.505 e. The van der Waals surface area contributed by atoms with Crippen LogP contribution in [0.2, 0.25) is 0 Å². The van der Waals surface area contributed by atoms with Crippen molar-refractivity contribution in [3.63, 3.8) is 0 Å². The van der Waals surface area contributed by atoms with Crippen LogP contribution in [0.25, 0.3) is 0 Å². The minimum atomic E-state index is -0.944. The maximum Gasteiger partial charge on any atom is 0.377 e. The quantitative estimate of drug-likeness (QED) is 0.243. The molecule has 0 aromatic rings. The Morgan fingerprint density at radius 1 is 0.893 bits per heavy atom. The van der Waals surface area contributed by atoms with Crippen LogP contribution in [0.5, 0.6) is 0 Å². The van der Waals surface area contributed by atoms with Crippen molar-refractivity contribution in [1.29, 1.82) is 0 Å². The Bertz CT molecular complexity index is 485. The highest BCUT2D eigenvalue weighted by atomic mass is 16.6. The van der Waals surface area contributed by atoms with E-state index >= 15 is 0 Å². The molecule has 1 aliphatic rings. The van der Waals surface area contributed by atoms with Gasteiger partial charge < -0.3 is 19.7 Å². The normalized spacial score (nSPS) is 16.5. The van der Waals surface area contributed by atoms with Crippen LogP contribution in [-0.4, -0.2) is 34.9 Å². The number of carbonyl (C=O) groups excluding carboxylic acids is 2. The van der Waals surface area contributed by atoms with E-state index in [-0.39, 0.29) is 19.0 Å². The largest absolute Gasteiger partial charge is 0.505 e. The molecule has 0 saturated carbocycles. The molecular formula is C22H38O6. The van der Waals surface area contributed by atoms with Gasteiger partial charge in [-0.3, -0.25) is 4.79 Å². The number of cyclic esters (lactones) is 1. The molecule has 1 rings (SSSR count). The average molecular weight is 399 g/mol. The van der Waals surface area contributed by atoms with Gasteiger partial charge in [0.25, 0.3) is 0 Å². The van der Waals surface area contributed by atoms with Crippen LogP contribution < -0.4 is 0 Å². The molecule has 2 N–H and O–H groups in total. The molecule has 0 spiro atoms. The summed E-state index contributed by atoms with van der Waals surface area (Å²) >= 11 is 0. The van der Waals surface area contributed by atoms with E-state index in [0.29, 0.717) is 6.42 Å². The predicted octanol–water partition coefficient (Wildman–Crippen LogP) is 5.65. The second-order valence-electron chi connectivity index (χ2n) is 7.63. The summed E-state index contributed by atoms with van der Waals surface area (Å²) in [5.74, 6) is -2.47. The topological polar surface area (TPSA) is 93.1 Å². The summed E-state index contributed by atoms with van der Waals surface area (Å²) in [6, 6.07) is 0. The lowest BCUT2D eigenvalue weighted by Crippen LogP contribution is -2.16. The molecule has 1 unspecified atom stereocenters. The van der Waals surface area contributed by atoms with Gasteiger partial charge in [0.15, 0.2) is 11.9 Å². The second kappa shape index (κ2) is 15.2. The SMILES string of the molecule is CCCCCCCCCCCCCCCC(=O)OCCC1OC(=O)C(O)=C1O. The summed E-state index contributed by atoms with van der Waals surface area (Å²) < 4.78 is 9.83. The van der Waals surface area contributed by atoms with Gasteiger partial charge in [-0.1, -0.05) is 84.0 Å². The molecular weight excluding hydrogens is 360 g/mol. The molecule has 0 amide bonds. The molecule has 162 valence electrons. The Morgan fingerprint density at radius 2 is 1.39 bits per heavy atom. The zero-order valence-corrected chi connectivity index (χ0v) is 17.4. The van der Waals surface area contributed by atoms with Crippen LogP contribution in [0, 0.1) is 0 Å². The van der Waals surface area contributed by atoms with Crippen molar-refractivity contribution in [2.75, 3.05) is 6.61 Å². The van der Waals surface area contributed by atoms with Crippen molar-refractivity contribution >= 4 is 11.9 Å². The number of aliphatic hydroxyl groups excluding tert-OH is 2. The summed E-state index contributed by atoms with van der Waals surface area (Å²) in [4.78, 5) is 22.7. The van der Waals surface area contributed by atoms with Gasteiger partial charge in [-0.2, -0.15) is 0 Å². The van der Waals surface area contributed by atoms with Crippen molar-refractivity contribution in [3.8, 4) is 0 Å². The van der Waals surface area contributed by atoms with Gasteiger partial charge >= 0.3 is 11.9 Å². The van der Waals surface area contributed by atoms with E-state index in [1.807, 2.05) is 0 Å². The van der Waals surface area contributed by atoms with Crippen LogP contribution in [0.15, 0.2) is 11.5 Å². The standard InChI is InChI=1S/C22H38O6/c1-2-3-4-5-6-7-8-9-10-11-12-13-14-15-19(23)27-17-16-18-20(24)21(25)22(26)28-18/h18,24-25H,2-17H2,1H3. The number of carbonyl (C=O) groups is 2. The molecule has 6 heteroatoms. The number of ether oxygens (including phenoxy) is 2. The number of hydrogen-bond acceptors (Lipinski definition) is 6. The Hall–Kier alpha value is -1.72. The van der Waals surface area contributed by atoms with E-state index in [1.165, 1.54) is 64.2 Å². The van der Waals surface area contributed by atoms with E-state index in [4.69, 9.17) is 9.47 Å². The highest BCUT2D eigenvalue weighted by Gasteiger charge is 2.34. The molecule has 0 fully saturated rings. The third-order valence-corrected chi connectivity index (χ3v) is 5.12. The molecule has 1 aliphatic heterocycles. The maximum absolute atomic E-state index is 11.7. The fourth-order valence-electron chi connectivity index (χ4n) is 3.33. The minimum absolute atomic E-state index is 0.0482. The fraction of sp³-hybridized carbons (Fsp3) is 0.818. The van der Waals surface area contributed by atoms with Crippen molar-refractivity contribution in [2.24, 2.45) is 0 Å². The lowest BCUT2D eigenvalue weighted by molar-refractivity contribution is -0.146. The number of hydrogen-bond donors (Lipinski definition) is 2. The van der Waals surface area contributed by atoms with Crippen molar-refractivity contribution in [2.45, 2.75) is 109 Å². The predicted molar refractivity (Wildman–Crippen MR) is 108 cm³/mol. The summed E-state index contributed by atoms with van der Waals surface area (Å²) in [6.45, 7) is 2.30. The van der Waals surface area contributed by atoms with E-state index < -0.39 is 23.6 Å². The van der Waals surface area contributed by atoms with Gasteiger partial charge in [0.05, 0.1) is 6.61 Å². The Labute approximate surface area is 169 Å². The fourth-order valence-corrected chi connectivity index (χ4v) is 3.33. The van der Waals surface area contributed by atoms with Gasteiger partial charge in [0.1, 0.15) is 0 Å². The third-order valence-electron chi connectivity index (χ3n) is 5.12. The molecule has 28 heavy (non-hydrogen) atoms. The molecule has 0 radical (unpaired) electrons. The third kappa shape index (κ3) is 10.6. The zero-order chi connectivity index (χ0) is 20.6. The Balaban J connectivity index is 1.85. The zero-order valence-electron chi connectivity index (χ0n) is 17.4. The molecule has 6 nitrogen and oxygen atoms in total. The summed E-state index contributed by atoms with van der Waals surface area (Å²) in [6.07, 6.45) is 16.0. The van der Waals surface area contributed by atoms with Crippen molar-refractivity contribution < 1.29 is 29.3 Å². The van der Waals surface area contributed by atoms with Crippen LogP contribution >= 0.6 is 0 Å². The van der Waals surface area contributed by atoms with Crippen molar-refractivity contribution in [1.82, 2.24) is 0 Å². The van der Waals surface area contributed by atoms with Gasteiger partial charge in [-0.25, -0.2) is 4.79 Å². The number of esters is 2. The number of unbranched alkanes of at least 4 members (excludes halogenated alkanes) is 12. The Morgan fingerprint density at radius 3 is 1.86 bits per heavy atom. The summed E-state index contributed by atoms with van der Waals surface area (Å²) in [5, 5.41) is 18.7. The van der Waals surface area contributed by atoms with E-state index in [0.717, 1.165) is 19.3 Å². The van der Waals surface area contributed by atoms with Gasteiger partial charge in [-0.15, -0.1) is 0 Å². The van der Waals surface area contributed by atoms with E-state index in [1.54, 1.807) is 0 Å². The van der Waals surface area contributed by atoms with Crippen LogP contribution in [-0.2, 0) is 19.1 Å². The summed E-state index contributed by atoms with van der Waals surface area (Å²) in [7, 11) is 0. The molecule has 1 heterocycles. The number of aliphatic hydroxyl groups is 2. The first-order chi connectivity index (χ1) is 13.6. The molecule has 0 aliphatic carbocycles. The summed E-state index contributed by atoms with van der Waals surface area (Å²) in [5.41, 5.74) is 0. The second-order valence-corrected chi connectivity index (χ2v) is 7.63. The first-order valence-corrected chi connectivity index (χ1v) is 11.0. The van der Waals surface area contributed by atoms with Crippen molar-refractivity contribution in [3.05, 3.63) is 11.5 Å². The van der Waals surface area contributed by atoms with Gasteiger partial charge in [0.2, 0.25) is 5.76 Å². The molecule has 0 bridgehead atoms. The van der Waals surface area contributed by atoms with Gasteiger partial charge in [0, 0.05) is 12.8 Å². The lowest BCUT2D eigenvalue weighted by atomic mass is 10.0. The van der Waals surface area contributed by atoms with E-state index in [2.05, 4.69) is 6.92 Å². The molecule has 1 atom stereocenters. The van der Waals surface area contributed by atoms with Gasteiger partial charge in [-0.05, 0) is 6.42 Å². The molecule has 0 aromatic carbocycles. The highest BCUT2D eigenvalue weighted by molar-refractivity contribution is 5.88. The monoisotopic (exact) mass is 398 g/mol. The van der Waals surface area contributed by atoms with Crippen LogP contribution in [0.3, 0.4) is 0 Å². The lowest BCUT2D eigenvalue weighted by Gasteiger charge is -2.10. The van der Waals surface area contributed by atoms with E-state index in [9.17, 15) is 19.8 Å². The van der Waals surface area contributed by atoms with Crippen LogP contribution in [0.4, 0.5) is 0 Å². The molecule has 0 aromatic heterocycles. The smallest absolute Gasteiger partial charge is 0.377 e. The number of rotatable bonds is 17. The first kappa shape index (κ1) is 24.3. The molecule has 0 saturated heterocycles. The Kier molecular flexibility index (Phi) is 13.2. The first-order valence-electron chi connectivity index (χ1n) is 11.0. The highest BCUT2D eigenvalue weighted by Crippen LogP contribution is 2.21. The average Bonchev–Trinajstić information content (AvgIpc) is 2.92. The maximum atomic E-state index is 11.7. The van der Waals surface area contributed by atoms with Crippen LogP contribution in [0.1, 0.15) is 103 Å².